The summed E-state index contributed by atoms with van der Waals surface area (Å²) in [6.45, 7) is 4.26. The molecule has 0 fully saturated rings. The van der Waals surface area contributed by atoms with Crippen LogP contribution in [0.5, 0.6) is 0 Å². The molecular weight excluding hydrogens is 452 g/mol. The fourth-order valence-electron chi connectivity index (χ4n) is 3.50. The van der Waals surface area contributed by atoms with Crippen LogP contribution < -0.4 is 9.60 Å². The quantitative estimate of drug-likeness (QED) is 0.406. The fourth-order valence-corrected chi connectivity index (χ4v) is 5.83. The van der Waals surface area contributed by atoms with E-state index in [1.54, 1.807) is 34.9 Å². The van der Waals surface area contributed by atoms with Crippen molar-refractivity contribution in [2.45, 2.75) is 31.7 Å². The first-order valence-corrected chi connectivity index (χ1v) is 12.5. The van der Waals surface area contributed by atoms with Gasteiger partial charge in [-0.2, -0.15) is 0 Å². The van der Waals surface area contributed by atoms with E-state index in [0.29, 0.717) is 33.9 Å². The molecule has 4 aromatic rings. The molecule has 0 saturated carbocycles. The monoisotopic (exact) mass is 472 g/mol. The number of fused-ring (bicyclic) bond motifs is 1. The van der Waals surface area contributed by atoms with E-state index in [9.17, 15) is 13.2 Å². The van der Waals surface area contributed by atoms with Crippen molar-refractivity contribution < 1.29 is 8.42 Å². The van der Waals surface area contributed by atoms with Crippen LogP contribution in [0.4, 0.5) is 5.69 Å². The summed E-state index contributed by atoms with van der Waals surface area (Å²) in [6, 6.07) is 17.8. The van der Waals surface area contributed by atoms with Gasteiger partial charge in [0.15, 0.2) is 0 Å². The molecule has 0 aliphatic carbocycles. The van der Waals surface area contributed by atoms with Crippen LogP contribution in [-0.4, -0.2) is 13.0 Å². The smallest absolute Gasteiger partial charge is 0.294 e. The number of rotatable bonds is 6. The Labute approximate surface area is 190 Å². The largest absolute Gasteiger partial charge is 0.308 e. The Bertz CT molecular complexity index is 1420. The molecule has 4 rings (SSSR count). The van der Waals surface area contributed by atoms with Crippen molar-refractivity contribution >= 4 is 48.9 Å². The Morgan fingerprint density at radius 2 is 1.81 bits per heavy atom. The molecule has 0 amide bonds. The number of sulfonamides is 1. The van der Waals surface area contributed by atoms with Crippen LogP contribution in [-0.2, 0) is 23.0 Å². The summed E-state index contributed by atoms with van der Waals surface area (Å²) < 4.78 is 31.2. The minimum atomic E-state index is -3.80. The van der Waals surface area contributed by atoms with Crippen LogP contribution in [0, 0.1) is 6.92 Å². The third-order valence-corrected chi connectivity index (χ3v) is 7.72. The van der Waals surface area contributed by atoms with Crippen molar-refractivity contribution in [3.05, 3.63) is 92.0 Å². The predicted octanol–water partition coefficient (Wildman–Crippen LogP) is 5.44. The summed E-state index contributed by atoms with van der Waals surface area (Å²) >= 11 is 6.98. The molecule has 0 unspecified atom stereocenters. The first kappa shape index (κ1) is 21.6. The molecule has 3 aromatic carbocycles. The van der Waals surface area contributed by atoms with Gasteiger partial charge in [-0.15, -0.1) is 0 Å². The van der Waals surface area contributed by atoms with E-state index >= 15 is 0 Å². The number of thiazole rings is 1. The fraction of sp³-hybridized carbons (Fsp3) is 0.174. The van der Waals surface area contributed by atoms with Gasteiger partial charge in [-0.1, -0.05) is 60.2 Å². The topological polar surface area (TPSA) is 68.2 Å². The number of anilines is 1. The zero-order valence-corrected chi connectivity index (χ0v) is 19.4. The van der Waals surface area contributed by atoms with Gasteiger partial charge in [0, 0.05) is 5.02 Å². The average Bonchev–Trinajstić information content (AvgIpc) is 3.05. The minimum absolute atomic E-state index is 0.130. The van der Waals surface area contributed by atoms with Gasteiger partial charge in [-0.3, -0.25) is 14.1 Å². The van der Waals surface area contributed by atoms with Crippen LogP contribution in [0.1, 0.15) is 23.6 Å². The molecule has 8 heteroatoms. The summed E-state index contributed by atoms with van der Waals surface area (Å²) in [6.07, 6.45) is 0.716. The molecule has 1 aromatic heterocycles. The van der Waals surface area contributed by atoms with E-state index in [1.165, 1.54) is 0 Å². The van der Waals surface area contributed by atoms with E-state index in [1.807, 2.05) is 44.2 Å². The number of para-hydroxylation sites is 1. The summed E-state index contributed by atoms with van der Waals surface area (Å²) in [5.74, 6) is 0. The van der Waals surface area contributed by atoms with Crippen molar-refractivity contribution in [2.75, 3.05) is 4.72 Å². The first-order chi connectivity index (χ1) is 14.8. The number of nitrogens with zero attached hydrogens (tertiary/aromatic N) is 1. The highest BCUT2D eigenvalue weighted by molar-refractivity contribution is 7.92. The number of halogens is 1. The highest BCUT2D eigenvalue weighted by atomic mass is 35.5. The molecule has 31 heavy (non-hydrogen) atoms. The second-order valence-corrected chi connectivity index (χ2v) is 10.4. The van der Waals surface area contributed by atoms with Gasteiger partial charge in [0.2, 0.25) is 0 Å². The molecule has 1 N–H and O–H groups in total. The molecule has 0 spiro atoms. The molecule has 0 saturated heterocycles. The molecular formula is C23H21ClN2O3S2. The van der Waals surface area contributed by atoms with Crippen LogP contribution in [0.15, 0.2) is 70.4 Å². The van der Waals surface area contributed by atoms with Crippen molar-refractivity contribution in [1.82, 2.24) is 4.57 Å². The maximum atomic E-state index is 13.1. The number of nitrogens with one attached hydrogen (secondary N) is 1. The minimum Gasteiger partial charge on any atom is -0.294 e. The lowest BCUT2D eigenvalue weighted by molar-refractivity contribution is 0.601. The van der Waals surface area contributed by atoms with E-state index in [0.717, 1.165) is 28.0 Å². The highest BCUT2D eigenvalue weighted by Crippen LogP contribution is 2.27. The van der Waals surface area contributed by atoms with E-state index in [4.69, 9.17) is 11.6 Å². The molecule has 0 bridgehead atoms. The van der Waals surface area contributed by atoms with Gasteiger partial charge in [-0.05, 0) is 60.4 Å². The number of benzene rings is 3. The first-order valence-electron chi connectivity index (χ1n) is 9.77. The Morgan fingerprint density at radius 1 is 1.06 bits per heavy atom. The molecule has 5 nitrogen and oxygen atoms in total. The standard InChI is InChI=1S/C23H21ClN2O3S2/c1-3-17-6-4-5-15(2)22(17)25-31(28,29)19-11-12-20-21(13-19)30-23(27)26(20)14-16-7-9-18(24)10-8-16/h4-13,25H,3,14H2,1-2H3. The Hall–Kier alpha value is -2.61. The number of aromatic nitrogens is 1. The second-order valence-electron chi connectivity index (χ2n) is 7.28. The molecule has 1 heterocycles. The number of aryl methyl sites for hydroxylation is 2. The van der Waals surface area contributed by atoms with Gasteiger partial charge in [0.25, 0.3) is 10.0 Å². The van der Waals surface area contributed by atoms with Crippen molar-refractivity contribution in [2.24, 2.45) is 0 Å². The Kier molecular flexibility index (Phi) is 5.92. The number of hydrogen-bond acceptors (Lipinski definition) is 4. The lowest BCUT2D eigenvalue weighted by Crippen LogP contribution is -2.15. The summed E-state index contributed by atoms with van der Waals surface area (Å²) in [5, 5.41) is 0.633. The normalized spacial score (nSPS) is 11.7. The average molecular weight is 473 g/mol. The maximum Gasteiger partial charge on any atom is 0.308 e. The van der Waals surface area contributed by atoms with Crippen LogP contribution >= 0.6 is 22.9 Å². The van der Waals surface area contributed by atoms with Gasteiger partial charge >= 0.3 is 4.87 Å². The molecule has 0 radical (unpaired) electrons. The summed E-state index contributed by atoms with van der Waals surface area (Å²) in [5.41, 5.74) is 4.05. The van der Waals surface area contributed by atoms with Gasteiger partial charge in [-0.25, -0.2) is 8.42 Å². The van der Waals surface area contributed by atoms with Crippen LogP contribution in [0.2, 0.25) is 5.02 Å². The Morgan fingerprint density at radius 3 is 2.52 bits per heavy atom. The number of hydrogen-bond donors (Lipinski definition) is 1. The molecule has 0 aliphatic rings. The zero-order valence-electron chi connectivity index (χ0n) is 17.1. The lowest BCUT2D eigenvalue weighted by atomic mass is 10.1. The Balaban J connectivity index is 1.70. The van der Waals surface area contributed by atoms with E-state index in [2.05, 4.69) is 4.72 Å². The van der Waals surface area contributed by atoms with Gasteiger partial charge < -0.3 is 0 Å². The third-order valence-electron chi connectivity index (χ3n) is 5.18. The van der Waals surface area contributed by atoms with Crippen molar-refractivity contribution in [3.63, 3.8) is 0 Å². The summed E-state index contributed by atoms with van der Waals surface area (Å²) in [7, 11) is -3.80. The van der Waals surface area contributed by atoms with Gasteiger partial charge in [0.05, 0.1) is 27.3 Å². The van der Waals surface area contributed by atoms with Crippen LogP contribution in [0.25, 0.3) is 10.2 Å². The predicted molar refractivity (Wildman–Crippen MR) is 128 cm³/mol. The third kappa shape index (κ3) is 4.39. The highest BCUT2D eigenvalue weighted by Gasteiger charge is 2.19. The van der Waals surface area contributed by atoms with E-state index in [-0.39, 0.29) is 9.77 Å². The van der Waals surface area contributed by atoms with Gasteiger partial charge in [0.1, 0.15) is 0 Å². The molecule has 0 aliphatic heterocycles. The van der Waals surface area contributed by atoms with Crippen molar-refractivity contribution in [1.29, 1.82) is 0 Å². The van der Waals surface area contributed by atoms with Crippen molar-refractivity contribution in [3.8, 4) is 0 Å². The van der Waals surface area contributed by atoms with Crippen LogP contribution in [0.3, 0.4) is 0 Å². The molecule has 160 valence electrons. The maximum absolute atomic E-state index is 13.1. The van der Waals surface area contributed by atoms with E-state index < -0.39 is 10.0 Å². The SMILES string of the molecule is CCc1cccc(C)c1NS(=O)(=O)c1ccc2c(c1)sc(=O)n2Cc1ccc(Cl)cc1. The lowest BCUT2D eigenvalue weighted by Gasteiger charge is -2.14. The second kappa shape index (κ2) is 8.49. The summed E-state index contributed by atoms with van der Waals surface area (Å²) in [4.78, 5) is 12.6. The molecule has 0 atom stereocenters. The zero-order chi connectivity index (χ0) is 22.2.